The number of carbonyl (C=O) groups excluding carboxylic acids is 1. The molecule has 94 valence electrons. The molecule has 2 aromatic rings. The van der Waals surface area contributed by atoms with E-state index >= 15 is 0 Å². The van der Waals surface area contributed by atoms with Crippen LogP contribution in [0.25, 0.3) is 0 Å². The van der Waals surface area contributed by atoms with Gasteiger partial charge in [-0.2, -0.15) is 5.10 Å². The van der Waals surface area contributed by atoms with Gasteiger partial charge < -0.3 is 4.74 Å². The van der Waals surface area contributed by atoms with Gasteiger partial charge in [0.25, 0.3) is 0 Å². The summed E-state index contributed by atoms with van der Waals surface area (Å²) in [6, 6.07) is 1.64. The Morgan fingerprint density at radius 3 is 2.83 bits per heavy atom. The Kier molecular flexibility index (Phi) is 4.01. The lowest BCUT2D eigenvalue weighted by Crippen LogP contribution is -2.16. The SMILES string of the molecule is COCCn1ncc(Cl)c1C(=O)c1ncccn1. The predicted molar refractivity (Wildman–Crippen MR) is 64.6 cm³/mol. The van der Waals surface area contributed by atoms with Crippen molar-refractivity contribution in [1.29, 1.82) is 0 Å². The number of methoxy groups -OCH3 is 1. The molecule has 18 heavy (non-hydrogen) atoms. The average molecular weight is 267 g/mol. The van der Waals surface area contributed by atoms with Gasteiger partial charge in [-0.05, 0) is 6.07 Å². The van der Waals surface area contributed by atoms with E-state index in [4.69, 9.17) is 16.3 Å². The second-order valence-electron chi connectivity index (χ2n) is 3.46. The molecule has 0 saturated carbocycles. The van der Waals surface area contributed by atoms with Gasteiger partial charge in [0.15, 0.2) is 0 Å². The molecule has 0 atom stereocenters. The van der Waals surface area contributed by atoms with E-state index in [2.05, 4.69) is 15.1 Å². The third-order valence-electron chi connectivity index (χ3n) is 2.29. The Bertz CT molecular complexity index is 541. The summed E-state index contributed by atoms with van der Waals surface area (Å²) in [5.41, 5.74) is 0.278. The molecule has 0 aliphatic heterocycles. The van der Waals surface area contributed by atoms with Crippen LogP contribution in [0.3, 0.4) is 0 Å². The van der Waals surface area contributed by atoms with Crippen LogP contribution in [0.5, 0.6) is 0 Å². The normalized spacial score (nSPS) is 10.6. The van der Waals surface area contributed by atoms with Crippen molar-refractivity contribution in [3.05, 3.63) is 41.2 Å². The second-order valence-corrected chi connectivity index (χ2v) is 3.87. The van der Waals surface area contributed by atoms with E-state index in [9.17, 15) is 4.79 Å². The van der Waals surface area contributed by atoms with E-state index in [1.807, 2.05) is 0 Å². The smallest absolute Gasteiger partial charge is 0.249 e. The quantitative estimate of drug-likeness (QED) is 0.761. The highest BCUT2D eigenvalue weighted by atomic mass is 35.5. The lowest BCUT2D eigenvalue weighted by molar-refractivity contribution is 0.101. The fourth-order valence-electron chi connectivity index (χ4n) is 1.46. The van der Waals surface area contributed by atoms with Crippen molar-refractivity contribution < 1.29 is 9.53 Å². The average Bonchev–Trinajstić information content (AvgIpc) is 2.77. The molecule has 0 aliphatic rings. The first-order valence-electron chi connectivity index (χ1n) is 5.26. The maximum atomic E-state index is 12.2. The summed E-state index contributed by atoms with van der Waals surface area (Å²) in [7, 11) is 1.58. The van der Waals surface area contributed by atoms with Crippen LogP contribution in [0.2, 0.25) is 5.02 Å². The van der Waals surface area contributed by atoms with Crippen LogP contribution < -0.4 is 0 Å². The van der Waals surface area contributed by atoms with E-state index < -0.39 is 0 Å². The molecule has 0 aliphatic carbocycles. The number of ether oxygens (including phenoxy) is 1. The first-order chi connectivity index (χ1) is 8.74. The minimum atomic E-state index is -0.353. The van der Waals surface area contributed by atoms with Gasteiger partial charge in [-0.3, -0.25) is 9.48 Å². The lowest BCUT2D eigenvalue weighted by Gasteiger charge is -2.05. The Labute approximate surface area is 109 Å². The molecule has 0 bridgehead atoms. The number of aromatic nitrogens is 4. The summed E-state index contributed by atoms with van der Waals surface area (Å²) >= 11 is 5.97. The minimum Gasteiger partial charge on any atom is -0.383 e. The molecule has 0 fully saturated rings. The Balaban J connectivity index is 2.32. The molecule has 7 heteroatoms. The highest BCUT2D eigenvalue weighted by Crippen LogP contribution is 2.17. The number of hydrogen-bond acceptors (Lipinski definition) is 5. The van der Waals surface area contributed by atoms with E-state index in [0.29, 0.717) is 13.2 Å². The van der Waals surface area contributed by atoms with Crippen molar-refractivity contribution in [3.63, 3.8) is 0 Å². The highest BCUT2D eigenvalue weighted by Gasteiger charge is 2.20. The van der Waals surface area contributed by atoms with Gasteiger partial charge in [0.05, 0.1) is 24.4 Å². The predicted octanol–water partition coefficient (Wildman–Crippen LogP) is 1.20. The second kappa shape index (κ2) is 5.70. The number of nitrogens with zero attached hydrogens (tertiary/aromatic N) is 4. The van der Waals surface area contributed by atoms with Crippen molar-refractivity contribution in [1.82, 2.24) is 19.7 Å². The zero-order chi connectivity index (χ0) is 13.0. The fourth-order valence-corrected chi connectivity index (χ4v) is 1.68. The van der Waals surface area contributed by atoms with Crippen LogP contribution in [0, 0.1) is 0 Å². The van der Waals surface area contributed by atoms with E-state index in [1.54, 1.807) is 13.2 Å². The number of rotatable bonds is 5. The molecule has 0 amide bonds. The maximum Gasteiger partial charge on any atom is 0.249 e. The summed E-state index contributed by atoms with van der Waals surface area (Å²) in [6.07, 6.45) is 4.43. The summed E-state index contributed by atoms with van der Waals surface area (Å²) in [6.45, 7) is 0.880. The topological polar surface area (TPSA) is 69.9 Å². The van der Waals surface area contributed by atoms with Gasteiger partial charge in [0.2, 0.25) is 11.6 Å². The monoisotopic (exact) mass is 266 g/mol. The van der Waals surface area contributed by atoms with Crippen LogP contribution in [-0.2, 0) is 11.3 Å². The largest absolute Gasteiger partial charge is 0.383 e. The third-order valence-corrected chi connectivity index (χ3v) is 2.56. The summed E-state index contributed by atoms with van der Waals surface area (Å²) in [5, 5.41) is 4.31. The number of ketones is 1. The number of carbonyl (C=O) groups is 1. The Hall–Kier alpha value is -1.79. The van der Waals surface area contributed by atoms with Gasteiger partial charge in [0, 0.05) is 19.5 Å². The molecule has 0 unspecified atom stereocenters. The van der Waals surface area contributed by atoms with Crippen LogP contribution in [0.4, 0.5) is 0 Å². The van der Waals surface area contributed by atoms with Gasteiger partial charge in [0.1, 0.15) is 5.69 Å². The Morgan fingerprint density at radius 2 is 2.17 bits per heavy atom. The van der Waals surface area contributed by atoms with Crippen LogP contribution in [0.15, 0.2) is 24.7 Å². The molecular formula is C11H11ClN4O2. The molecule has 0 N–H and O–H groups in total. The van der Waals surface area contributed by atoms with E-state index in [-0.39, 0.29) is 22.3 Å². The molecule has 6 nitrogen and oxygen atoms in total. The zero-order valence-electron chi connectivity index (χ0n) is 9.71. The molecule has 2 heterocycles. The van der Waals surface area contributed by atoms with Gasteiger partial charge in [-0.15, -0.1) is 0 Å². The van der Waals surface area contributed by atoms with Crippen LogP contribution in [0.1, 0.15) is 16.3 Å². The zero-order valence-corrected chi connectivity index (χ0v) is 10.5. The third kappa shape index (κ3) is 2.55. The van der Waals surface area contributed by atoms with Gasteiger partial charge in [-0.1, -0.05) is 11.6 Å². The standard InChI is InChI=1S/C11H11ClN4O2/c1-18-6-5-16-9(8(12)7-15-16)10(17)11-13-3-2-4-14-11/h2-4,7H,5-6H2,1H3. The lowest BCUT2D eigenvalue weighted by atomic mass is 10.2. The first-order valence-corrected chi connectivity index (χ1v) is 5.63. The summed E-state index contributed by atoms with van der Waals surface area (Å²) < 4.78 is 6.44. The van der Waals surface area contributed by atoms with Crippen LogP contribution in [-0.4, -0.2) is 39.2 Å². The van der Waals surface area contributed by atoms with Crippen molar-refractivity contribution in [2.45, 2.75) is 6.54 Å². The molecule has 0 aromatic carbocycles. The number of halogens is 1. The summed E-state index contributed by atoms with van der Waals surface area (Å²) in [5.74, 6) is -0.257. The first kappa shape index (κ1) is 12.7. The van der Waals surface area contributed by atoms with Gasteiger partial charge >= 0.3 is 0 Å². The maximum absolute atomic E-state index is 12.2. The highest BCUT2D eigenvalue weighted by molar-refractivity contribution is 6.34. The molecule has 2 aromatic heterocycles. The number of hydrogen-bond donors (Lipinski definition) is 0. The summed E-state index contributed by atoms with van der Waals surface area (Å²) in [4.78, 5) is 20.0. The fraction of sp³-hybridized carbons (Fsp3) is 0.273. The van der Waals surface area contributed by atoms with Crippen LogP contribution >= 0.6 is 11.6 Å². The van der Waals surface area contributed by atoms with E-state index in [1.165, 1.54) is 23.3 Å². The molecule has 0 radical (unpaired) electrons. The molecule has 2 rings (SSSR count). The Morgan fingerprint density at radius 1 is 1.44 bits per heavy atom. The van der Waals surface area contributed by atoms with E-state index in [0.717, 1.165) is 0 Å². The van der Waals surface area contributed by atoms with Crippen molar-refractivity contribution in [2.24, 2.45) is 0 Å². The van der Waals surface area contributed by atoms with Crippen molar-refractivity contribution in [3.8, 4) is 0 Å². The van der Waals surface area contributed by atoms with Crippen molar-refractivity contribution in [2.75, 3.05) is 13.7 Å². The van der Waals surface area contributed by atoms with Gasteiger partial charge in [-0.25, -0.2) is 9.97 Å². The molecule has 0 spiro atoms. The minimum absolute atomic E-state index is 0.0959. The molecule has 0 saturated heterocycles. The van der Waals surface area contributed by atoms with Crippen molar-refractivity contribution >= 4 is 17.4 Å². The molecular weight excluding hydrogens is 256 g/mol.